The quantitative estimate of drug-likeness (QED) is 0.496. The van der Waals surface area contributed by atoms with Gasteiger partial charge in [0.1, 0.15) is 10.8 Å². The van der Waals surface area contributed by atoms with E-state index < -0.39 is 0 Å². The fourth-order valence-electron chi connectivity index (χ4n) is 2.44. The number of nitrogens with zero attached hydrogens (tertiary/aromatic N) is 3. The van der Waals surface area contributed by atoms with Crippen LogP contribution in [0.2, 0.25) is 0 Å². The zero-order chi connectivity index (χ0) is 17.8. The summed E-state index contributed by atoms with van der Waals surface area (Å²) in [4.78, 5) is 12.9. The summed E-state index contributed by atoms with van der Waals surface area (Å²) in [5.74, 6) is 0.0987. The number of guanidine groups is 1. The fourth-order valence-corrected chi connectivity index (χ4v) is 3.33. The Bertz CT molecular complexity index is 937. The second-order valence-corrected chi connectivity index (χ2v) is 6.48. The maximum atomic E-state index is 10.0. The Balaban J connectivity index is 1.85. The second kappa shape index (κ2) is 7.23. The summed E-state index contributed by atoms with van der Waals surface area (Å²) >= 11 is 1.56. The summed E-state index contributed by atoms with van der Waals surface area (Å²) in [6.45, 7) is 2.16. The van der Waals surface area contributed by atoms with Crippen molar-refractivity contribution < 1.29 is 5.11 Å². The SMILES string of the molecule is Cc1cccc(O)c1/C(C=N)=N/C(N)=NCc1nc2ccccc2s1. The van der Waals surface area contributed by atoms with Crippen LogP contribution in [0.15, 0.2) is 52.4 Å². The lowest BCUT2D eigenvalue weighted by atomic mass is 10.0. The highest BCUT2D eigenvalue weighted by atomic mass is 32.1. The van der Waals surface area contributed by atoms with Gasteiger partial charge in [-0.25, -0.2) is 15.0 Å². The van der Waals surface area contributed by atoms with Gasteiger partial charge in [-0.3, -0.25) is 0 Å². The molecule has 0 fully saturated rings. The van der Waals surface area contributed by atoms with E-state index in [2.05, 4.69) is 15.0 Å². The number of aliphatic imine (C=N–C) groups is 2. The van der Waals surface area contributed by atoms with Gasteiger partial charge in [-0.2, -0.15) is 0 Å². The summed E-state index contributed by atoms with van der Waals surface area (Å²) in [6, 6.07) is 13.0. The van der Waals surface area contributed by atoms with Gasteiger partial charge < -0.3 is 16.2 Å². The number of phenolic OH excluding ortho intramolecular Hbond substituents is 1. The first-order valence-electron chi connectivity index (χ1n) is 7.61. The molecule has 6 nitrogen and oxygen atoms in total. The molecule has 2 aromatic carbocycles. The molecule has 25 heavy (non-hydrogen) atoms. The number of aromatic nitrogens is 1. The molecular formula is C18H17N5OS. The normalized spacial score (nSPS) is 12.5. The molecule has 4 N–H and O–H groups in total. The zero-order valence-electron chi connectivity index (χ0n) is 13.6. The molecule has 0 aliphatic heterocycles. The van der Waals surface area contributed by atoms with E-state index in [0.29, 0.717) is 12.1 Å². The van der Waals surface area contributed by atoms with E-state index in [1.807, 2.05) is 37.3 Å². The van der Waals surface area contributed by atoms with Crippen LogP contribution in [0.1, 0.15) is 16.1 Å². The van der Waals surface area contributed by atoms with Gasteiger partial charge in [0.05, 0.1) is 22.5 Å². The molecule has 3 aromatic rings. The number of benzene rings is 2. The van der Waals surface area contributed by atoms with E-state index in [1.165, 1.54) is 0 Å². The van der Waals surface area contributed by atoms with Crippen LogP contribution in [-0.4, -0.2) is 28.0 Å². The topological polar surface area (TPSA) is 108 Å². The van der Waals surface area contributed by atoms with E-state index in [0.717, 1.165) is 27.0 Å². The van der Waals surface area contributed by atoms with Crippen molar-refractivity contribution in [1.29, 1.82) is 5.41 Å². The predicted octanol–water partition coefficient (Wildman–Crippen LogP) is 3.26. The molecule has 0 atom stereocenters. The molecule has 0 unspecified atom stereocenters. The molecule has 0 amide bonds. The molecule has 0 aliphatic carbocycles. The molecule has 0 saturated heterocycles. The van der Waals surface area contributed by atoms with Gasteiger partial charge >= 0.3 is 0 Å². The summed E-state index contributed by atoms with van der Waals surface area (Å²) in [7, 11) is 0. The predicted molar refractivity (Wildman–Crippen MR) is 103 cm³/mol. The van der Waals surface area contributed by atoms with E-state index in [9.17, 15) is 5.11 Å². The standard InChI is InChI=1S/C18H17N5OS/c1-11-5-4-7-14(24)17(11)13(9-19)23-18(20)21-10-16-22-12-6-2-3-8-15(12)25-16/h2-9,19,24H,10H2,1H3,(H2,20,21)/b19-9?,23-13+. The number of hydrogen-bond acceptors (Lipinski definition) is 5. The highest BCUT2D eigenvalue weighted by Crippen LogP contribution is 2.22. The van der Waals surface area contributed by atoms with Crippen LogP contribution in [0.25, 0.3) is 10.2 Å². The number of rotatable bonds is 4. The number of aromatic hydroxyl groups is 1. The molecule has 0 bridgehead atoms. The van der Waals surface area contributed by atoms with Gasteiger partial charge in [-0.15, -0.1) is 11.3 Å². The smallest absolute Gasteiger partial charge is 0.216 e. The van der Waals surface area contributed by atoms with Crippen molar-refractivity contribution in [2.24, 2.45) is 15.7 Å². The lowest BCUT2D eigenvalue weighted by Gasteiger charge is -2.07. The van der Waals surface area contributed by atoms with Crippen molar-refractivity contribution in [2.75, 3.05) is 0 Å². The molecule has 1 aromatic heterocycles. The number of thiazole rings is 1. The highest BCUT2D eigenvalue weighted by molar-refractivity contribution is 7.18. The number of nitrogens with one attached hydrogen (secondary N) is 1. The minimum atomic E-state index is 0.0420. The van der Waals surface area contributed by atoms with Gasteiger partial charge in [-0.05, 0) is 30.7 Å². The third kappa shape index (κ3) is 3.72. The van der Waals surface area contributed by atoms with Crippen LogP contribution in [0.3, 0.4) is 0 Å². The molecule has 0 saturated carbocycles. The van der Waals surface area contributed by atoms with Crippen molar-refractivity contribution in [1.82, 2.24) is 4.98 Å². The van der Waals surface area contributed by atoms with Crippen LogP contribution >= 0.6 is 11.3 Å². The highest BCUT2D eigenvalue weighted by Gasteiger charge is 2.10. The van der Waals surface area contributed by atoms with E-state index in [1.54, 1.807) is 23.5 Å². The van der Waals surface area contributed by atoms with Crippen molar-refractivity contribution in [3.8, 4) is 5.75 Å². The molecule has 3 rings (SSSR count). The molecule has 1 heterocycles. The summed E-state index contributed by atoms with van der Waals surface area (Å²) in [5.41, 5.74) is 8.37. The lowest BCUT2D eigenvalue weighted by molar-refractivity contribution is 0.474. The maximum absolute atomic E-state index is 10.0. The molecular weight excluding hydrogens is 334 g/mol. The third-order valence-corrected chi connectivity index (χ3v) is 4.61. The second-order valence-electron chi connectivity index (χ2n) is 5.36. The molecule has 7 heteroatoms. The van der Waals surface area contributed by atoms with E-state index in [4.69, 9.17) is 11.1 Å². The van der Waals surface area contributed by atoms with E-state index in [-0.39, 0.29) is 17.4 Å². The van der Waals surface area contributed by atoms with Gasteiger partial charge in [0.15, 0.2) is 0 Å². The first-order valence-corrected chi connectivity index (χ1v) is 8.42. The van der Waals surface area contributed by atoms with Crippen molar-refractivity contribution in [3.05, 3.63) is 58.6 Å². The first kappa shape index (κ1) is 16.8. The Morgan fingerprint density at radius 1 is 1.28 bits per heavy atom. The Labute approximate surface area is 148 Å². The van der Waals surface area contributed by atoms with Gasteiger partial charge in [0, 0.05) is 11.8 Å². The number of fused-ring (bicyclic) bond motifs is 1. The Morgan fingerprint density at radius 2 is 2.08 bits per heavy atom. The first-order chi connectivity index (χ1) is 12.1. The van der Waals surface area contributed by atoms with Crippen LogP contribution in [0.4, 0.5) is 0 Å². The fraction of sp³-hybridized carbons (Fsp3) is 0.111. The van der Waals surface area contributed by atoms with Crippen LogP contribution in [0, 0.1) is 12.3 Å². The summed E-state index contributed by atoms with van der Waals surface area (Å²) in [5, 5.41) is 18.4. The minimum absolute atomic E-state index is 0.0420. The third-order valence-electron chi connectivity index (χ3n) is 3.59. The number of hydrogen-bond donors (Lipinski definition) is 3. The van der Waals surface area contributed by atoms with Crippen molar-refractivity contribution in [2.45, 2.75) is 13.5 Å². The van der Waals surface area contributed by atoms with Crippen molar-refractivity contribution >= 4 is 39.4 Å². The molecule has 0 aliphatic rings. The molecule has 0 radical (unpaired) electrons. The van der Waals surface area contributed by atoms with Crippen molar-refractivity contribution in [3.63, 3.8) is 0 Å². The van der Waals surface area contributed by atoms with Crippen LogP contribution in [-0.2, 0) is 6.54 Å². The summed E-state index contributed by atoms with van der Waals surface area (Å²) in [6.07, 6.45) is 1.06. The lowest BCUT2D eigenvalue weighted by Crippen LogP contribution is -2.15. The number of aryl methyl sites for hydroxylation is 1. The molecule has 126 valence electrons. The van der Waals surface area contributed by atoms with Gasteiger partial charge in [-0.1, -0.05) is 24.3 Å². The van der Waals surface area contributed by atoms with Gasteiger partial charge in [0.2, 0.25) is 5.96 Å². The van der Waals surface area contributed by atoms with Crippen LogP contribution < -0.4 is 5.73 Å². The zero-order valence-corrected chi connectivity index (χ0v) is 14.4. The number of phenols is 1. The summed E-state index contributed by atoms with van der Waals surface area (Å²) < 4.78 is 1.10. The number of para-hydroxylation sites is 1. The average molecular weight is 351 g/mol. The average Bonchev–Trinajstić information content (AvgIpc) is 3.01. The van der Waals surface area contributed by atoms with Crippen LogP contribution in [0.5, 0.6) is 5.75 Å². The Morgan fingerprint density at radius 3 is 2.80 bits per heavy atom. The Hall–Kier alpha value is -3.06. The number of nitrogens with two attached hydrogens (primary N) is 1. The van der Waals surface area contributed by atoms with Gasteiger partial charge in [0.25, 0.3) is 0 Å². The minimum Gasteiger partial charge on any atom is -0.507 e. The maximum Gasteiger partial charge on any atom is 0.216 e. The molecule has 0 spiro atoms. The largest absolute Gasteiger partial charge is 0.507 e. The van der Waals surface area contributed by atoms with E-state index >= 15 is 0 Å². The Kier molecular flexibility index (Phi) is 4.85. The monoisotopic (exact) mass is 351 g/mol.